The zero-order chi connectivity index (χ0) is 23.6. The highest BCUT2D eigenvalue weighted by Gasteiger charge is 2.40. The van der Waals surface area contributed by atoms with E-state index < -0.39 is 21.7 Å². The molecule has 1 amide bonds. The maximum Gasteiger partial charge on any atom is 0.265 e. The monoisotopic (exact) mass is 478 g/mol. The number of hydrogen-bond donors (Lipinski definition) is 1. The van der Waals surface area contributed by atoms with E-state index in [1.165, 1.54) is 12.1 Å². The van der Waals surface area contributed by atoms with Gasteiger partial charge < -0.3 is 5.32 Å². The molecule has 3 aromatic carbocycles. The molecular weight excluding hydrogens is 460 g/mol. The molecule has 0 unspecified atom stereocenters. The van der Waals surface area contributed by atoms with Crippen molar-refractivity contribution in [3.8, 4) is 0 Å². The highest BCUT2D eigenvalue weighted by molar-refractivity contribution is 7.89. The number of nitrogens with one attached hydrogen (secondary N) is 1. The largest absolute Gasteiger partial charge is 0.319 e. The van der Waals surface area contributed by atoms with Gasteiger partial charge in [0, 0.05) is 21.7 Å². The first kappa shape index (κ1) is 22.5. The van der Waals surface area contributed by atoms with E-state index in [4.69, 9.17) is 11.6 Å². The fourth-order valence-corrected chi connectivity index (χ4v) is 5.34. The van der Waals surface area contributed by atoms with Crippen LogP contribution in [0.5, 0.6) is 0 Å². The van der Waals surface area contributed by atoms with E-state index in [1.807, 2.05) is 0 Å². The van der Waals surface area contributed by atoms with Crippen molar-refractivity contribution in [3.05, 3.63) is 119 Å². The Labute approximate surface area is 196 Å². The number of carbonyl (C=O) groups is 2. The molecule has 0 radical (unpaired) electrons. The third-order valence-electron chi connectivity index (χ3n) is 5.10. The lowest BCUT2D eigenvalue weighted by atomic mass is 10.0. The number of carbonyl (C=O) groups excluding carboxylic acids is 2. The number of nitrogens with zero attached hydrogens (tertiary/aromatic N) is 1. The Balaban J connectivity index is 1.95. The van der Waals surface area contributed by atoms with E-state index in [9.17, 15) is 18.0 Å². The molecule has 4 rings (SSSR count). The Morgan fingerprint density at radius 3 is 2.21 bits per heavy atom. The molecule has 1 N–H and O–H groups in total. The van der Waals surface area contributed by atoms with Crippen LogP contribution < -0.4 is 5.32 Å². The van der Waals surface area contributed by atoms with Gasteiger partial charge in [0.05, 0.1) is 17.1 Å². The minimum Gasteiger partial charge on any atom is -0.319 e. The van der Waals surface area contributed by atoms with Crippen LogP contribution in [0.4, 0.5) is 0 Å². The fourth-order valence-electron chi connectivity index (χ4n) is 3.56. The molecule has 0 spiro atoms. The van der Waals surface area contributed by atoms with Gasteiger partial charge in [-0.05, 0) is 30.3 Å². The quantitative estimate of drug-likeness (QED) is 0.417. The van der Waals surface area contributed by atoms with Gasteiger partial charge in [0.25, 0.3) is 15.9 Å². The number of fused-ring (bicyclic) bond motifs is 1. The van der Waals surface area contributed by atoms with Gasteiger partial charge in [-0.3, -0.25) is 13.9 Å². The molecule has 3 aromatic rings. The zero-order valence-electron chi connectivity index (χ0n) is 17.4. The minimum atomic E-state index is -4.07. The second-order valence-electron chi connectivity index (χ2n) is 7.20. The number of allylic oxidation sites excluding steroid dienone is 1. The van der Waals surface area contributed by atoms with E-state index in [2.05, 4.69) is 11.9 Å². The van der Waals surface area contributed by atoms with Crippen molar-refractivity contribution in [1.29, 1.82) is 0 Å². The number of rotatable bonds is 6. The van der Waals surface area contributed by atoms with Gasteiger partial charge in [0.15, 0.2) is 0 Å². The van der Waals surface area contributed by atoms with Gasteiger partial charge in [-0.2, -0.15) is 0 Å². The molecule has 0 fully saturated rings. The van der Waals surface area contributed by atoms with Gasteiger partial charge in [-0.15, -0.1) is 6.58 Å². The number of hydrogen-bond acceptors (Lipinski definition) is 4. The maximum atomic E-state index is 13.6. The van der Waals surface area contributed by atoms with Crippen molar-refractivity contribution in [2.75, 3.05) is 6.54 Å². The highest BCUT2D eigenvalue weighted by Crippen LogP contribution is 2.37. The van der Waals surface area contributed by atoms with Gasteiger partial charge in [-0.1, -0.05) is 66.2 Å². The van der Waals surface area contributed by atoms with Crippen LogP contribution in [-0.4, -0.2) is 31.0 Å². The number of halogens is 1. The Hall–Kier alpha value is -3.68. The molecule has 0 saturated carbocycles. The first-order valence-corrected chi connectivity index (χ1v) is 11.8. The van der Waals surface area contributed by atoms with Crippen LogP contribution in [0.25, 0.3) is 5.70 Å². The average Bonchev–Trinajstić information content (AvgIpc) is 2.83. The van der Waals surface area contributed by atoms with Crippen LogP contribution in [0.3, 0.4) is 0 Å². The molecular formula is C25H19ClN2O4S. The molecule has 0 aromatic heterocycles. The molecule has 1 aliphatic heterocycles. The van der Waals surface area contributed by atoms with E-state index in [1.54, 1.807) is 72.8 Å². The SMILES string of the molecule is C=CCN1C(C(=O)c2ccccc2)=C(NC(=O)c2ccc(Cl)cc2)c2ccccc2S1(=O)=O. The second kappa shape index (κ2) is 9.05. The molecule has 6 nitrogen and oxygen atoms in total. The van der Waals surface area contributed by atoms with Crippen molar-refractivity contribution < 1.29 is 18.0 Å². The third kappa shape index (κ3) is 4.20. The first-order valence-electron chi connectivity index (χ1n) is 9.98. The third-order valence-corrected chi connectivity index (χ3v) is 7.18. The normalized spacial score (nSPS) is 14.4. The lowest BCUT2D eigenvalue weighted by Gasteiger charge is -2.33. The number of ketones is 1. The van der Waals surface area contributed by atoms with Crippen LogP contribution >= 0.6 is 11.6 Å². The number of amides is 1. The number of benzene rings is 3. The zero-order valence-corrected chi connectivity index (χ0v) is 18.9. The Bertz CT molecular complexity index is 1380. The van der Waals surface area contributed by atoms with Crippen LogP contribution in [0, 0.1) is 0 Å². The summed E-state index contributed by atoms with van der Waals surface area (Å²) in [5.41, 5.74) is 0.784. The molecule has 0 saturated heterocycles. The summed E-state index contributed by atoms with van der Waals surface area (Å²) in [6, 6.07) is 20.8. The van der Waals surface area contributed by atoms with Crippen LogP contribution in [0.15, 0.2) is 102 Å². The van der Waals surface area contributed by atoms with E-state index in [0.29, 0.717) is 10.6 Å². The molecule has 0 atom stereocenters. The summed E-state index contributed by atoms with van der Waals surface area (Å²) >= 11 is 5.92. The molecule has 0 aliphatic carbocycles. The van der Waals surface area contributed by atoms with Crippen LogP contribution in [-0.2, 0) is 10.0 Å². The summed E-state index contributed by atoms with van der Waals surface area (Å²) in [5, 5.41) is 3.24. The van der Waals surface area contributed by atoms with Crippen molar-refractivity contribution in [3.63, 3.8) is 0 Å². The lowest BCUT2D eigenvalue weighted by molar-refractivity contribution is 0.0972. The van der Waals surface area contributed by atoms with Gasteiger partial charge in [0.1, 0.15) is 5.70 Å². The lowest BCUT2D eigenvalue weighted by Crippen LogP contribution is -2.41. The summed E-state index contributed by atoms with van der Waals surface area (Å²) in [6.07, 6.45) is 1.39. The van der Waals surface area contributed by atoms with Crippen LogP contribution in [0.2, 0.25) is 5.02 Å². The Morgan fingerprint density at radius 1 is 0.909 bits per heavy atom. The molecule has 1 aliphatic rings. The molecule has 1 heterocycles. The number of Topliss-reactive ketones (excluding diaryl/α,β-unsaturated/α-hetero) is 1. The van der Waals surface area contributed by atoms with Gasteiger partial charge in [-0.25, -0.2) is 8.42 Å². The summed E-state index contributed by atoms with van der Waals surface area (Å²) in [5.74, 6) is -1.05. The molecule has 166 valence electrons. The Morgan fingerprint density at radius 2 is 1.55 bits per heavy atom. The average molecular weight is 479 g/mol. The summed E-state index contributed by atoms with van der Waals surface area (Å²) in [7, 11) is -4.07. The minimum absolute atomic E-state index is 0.0112. The highest BCUT2D eigenvalue weighted by atomic mass is 35.5. The first-order chi connectivity index (χ1) is 15.8. The van der Waals surface area contributed by atoms with Crippen molar-refractivity contribution in [2.45, 2.75) is 4.90 Å². The summed E-state index contributed by atoms with van der Waals surface area (Å²) in [6.45, 7) is 3.50. The fraction of sp³-hybridized carbons (Fsp3) is 0.0400. The maximum absolute atomic E-state index is 13.6. The van der Waals surface area contributed by atoms with Gasteiger partial charge in [0.2, 0.25) is 5.78 Å². The second-order valence-corrected chi connectivity index (χ2v) is 9.47. The van der Waals surface area contributed by atoms with Crippen molar-refractivity contribution >= 4 is 39.0 Å². The predicted molar refractivity (Wildman–Crippen MR) is 127 cm³/mol. The smallest absolute Gasteiger partial charge is 0.265 e. The van der Waals surface area contributed by atoms with Gasteiger partial charge >= 0.3 is 0 Å². The van der Waals surface area contributed by atoms with Crippen LogP contribution in [0.1, 0.15) is 26.3 Å². The molecule has 33 heavy (non-hydrogen) atoms. The number of sulfonamides is 1. The van der Waals surface area contributed by atoms with E-state index in [-0.39, 0.29) is 34.0 Å². The Kier molecular flexibility index (Phi) is 6.18. The topological polar surface area (TPSA) is 83.6 Å². The summed E-state index contributed by atoms with van der Waals surface area (Å²) in [4.78, 5) is 26.7. The molecule has 0 bridgehead atoms. The van der Waals surface area contributed by atoms with Crippen molar-refractivity contribution in [2.24, 2.45) is 0 Å². The van der Waals surface area contributed by atoms with E-state index in [0.717, 1.165) is 4.31 Å². The van der Waals surface area contributed by atoms with Crippen molar-refractivity contribution in [1.82, 2.24) is 9.62 Å². The molecule has 8 heteroatoms. The van der Waals surface area contributed by atoms with E-state index >= 15 is 0 Å². The summed E-state index contributed by atoms with van der Waals surface area (Å²) < 4.78 is 27.9. The predicted octanol–water partition coefficient (Wildman–Crippen LogP) is 4.51. The standard InChI is InChI=1S/C25H19ClN2O4S/c1-2-16-28-23(24(29)17-8-4-3-5-9-17)22(20-10-6-7-11-21(20)33(28,31)32)27-25(30)18-12-14-19(26)15-13-18/h2-15H,1,16H2,(H,27,30).